The third kappa shape index (κ3) is 5.37. The average molecular weight is 418 g/mol. The van der Waals surface area contributed by atoms with Crippen molar-refractivity contribution in [3.8, 4) is 5.75 Å². The van der Waals surface area contributed by atoms with E-state index in [0.717, 1.165) is 0 Å². The van der Waals surface area contributed by atoms with Gasteiger partial charge in [-0.1, -0.05) is 6.07 Å². The van der Waals surface area contributed by atoms with Crippen LogP contribution in [0, 0.1) is 5.92 Å². The zero-order valence-corrected chi connectivity index (χ0v) is 15.4. The number of rotatable bonds is 4. The van der Waals surface area contributed by atoms with E-state index in [4.69, 9.17) is 14.7 Å². The van der Waals surface area contributed by atoms with Gasteiger partial charge in [-0.2, -0.15) is 0 Å². The summed E-state index contributed by atoms with van der Waals surface area (Å²) in [5, 5.41) is 8.77. The van der Waals surface area contributed by atoms with Crippen molar-refractivity contribution >= 4 is 11.8 Å². The molecule has 0 aromatic heterocycles. The molecule has 2 aliphatic rings. The van der Waals surface area contributed by atoms with Crippen LogP contribution in [0.5, 0.6) is 5.75 Å². The van der Waals surface area contributed by atoms with Crippen molar-refractivity contribution in [3.63, 3.8) is 0 Å². The number of ether oxygens (including phenoxy) is 3. The van der Waals surface area contributed by atoms with Crippen molar-refractivity contribution in [2.45, 2.75) is 31.8 Å². The van der Waals surface area contributed by atoms with Crippen LogP contribution < -0.4 is 10.2 Å². The number of amides is 2. The Balaban J connectivity index is 1.85. The molecule has 8 nitrogen and oxygen atoms in total. The molecule has 160 valence electrons. The molecule has 1 atom stereocenters. The fourth-order valence-corrected chi connectivity index (χ4v) is 3.38. The molecule has 3 rings (SSSR count). The first-order valence-corrected chi connectivity index (χ1v) is 9.07. The fraction of sp³-hybridized carbons (Fsp3) is 0.556. The number of carbonyl (C=O) groups is 2. The van der Waals surface area contributed by atoms with E-state index in [0.29, 0.717) is 31.6 Å². The molecular formula is C18H21F3N2O6. The standard InChI is InChI=1S/C18H21F3N2O6/c19-18(20,21)29-10-14-9-28-15-7-12(16(24)22-26)1-2-13(15)8-23(14)17(25)11-3-5-27-6-4-11/h1-2,7,11,14,26H,3-6,8-10H2,(H,22,24)/t14-/m1/s1. The number of carbonyl (C=O) groups excluding carboxylic acids is 2. The maximum absolute atomic E-state index is 13.1. The summed E-state index contributed by atoms with van der Waals surface area (Å²) >= 11 is 0. The van der Waals surface area contributed by atoms with Crippen LogP contribution >= 0.6 is 0 Å². The fourth-order valence-electron chi connectivity index (χ4n) is 3.38. The van der Waals surface area contributed by atoms with Gasteiger partial charge in [-0.25, -0.2) is 5.48 Å². The van der Waals surface area contributed by atoms with Crippen LogP contribution in [0.3, 0.4) is 0 Å². The largest absolute Gasteiger partial charge is 0.522 e. The highest BCUT2D eigenvalue weighted by Crippen LogP contribution is 2.30. The van der Waals surface area contributed by atoms with Gasteiger partial charge in [0.1, 0.15) is 12.4 Å². The highest BCUT2D eigenvalue weighted by molar-refractivity contribution is 5.93. The predicted octanol–water partition coefficient (Wildman–Crippen LogP) is 1.86. The molecule has 0 unspecified atom stereocenters. The average Bonchev–Trinajstić information content (AvgIpc) is 2.90. The van der Waals surface area contributed by atoms with Gasteiger partial charge in [0.25, 0.3) is 5.91 Å². The lowest BCUT2D eigenvalue weighted by Gasteiger charge is -2.33. The minimum Gasteiger partial charge on any atom is -0.491 e. The Bertz CT molecular complexity index is 752. The molecule has 1 aromatic carbocycles. The number of hydrogen-bond acceptors (Lipinski definition) is 6. The number of halogens is 3. The van der Waals surface area contributed by atoms with E-state index >= 15 is 0 Å². The maximum atomic E-state index is 13.1. The van der Waals surface area contributed by atoms with Crippen molar-refractivity contribution < 1.29 is 42.2 Å². The van der Waals surface area contributed by atoms with Crippen molar-refractivity contribution in [2.75, 3.05) is 26.4 Å². The lowest BCUT2D eigenvalue weighted by molar-refractivity contribution is -0.328. The molecule has 2 aliphatic heterocycles. The van der Waals surface area contributed by atoms with E-state index < -0.39 is 24.9 Å². The molecule has 2 heterocycles. The summed E-state index contributed by atoms with van der Waals surface area (Å²) < 4.78 is 52.6. The molecule has 1 saturated heterocycles. The van der Waals surface area contributed by atoms with Crippen molar-refractivity contribution in [1.82, 2.24) is 10.4 Å². The van der Waals surface area contributed by atoms with Crippen LogP contribution in [0.4, 0.5) is 13.2 Å². The molecule has 0 saturated carbocycles. The first-order chi connectivity index (χ1) is 13.8. The van der Waals surface area contributed by atoms with Crippen molar-refractivity contribution in [3.05, 3.63) is 29.3 Å². The molecule has 1 fully saturated rings. The Morgan fingerprint density at radius 1 is 1.28 bits per heavy atom. The van der Waals surface area contributed by atoms with Crippen LogP contribution in [-0.4, -0.2) is 60.8 Å². The smallest absolute Gasteiger partial charge is 0.491 e. The summed E-state index contributed by atoms with van der Waals surface area (Å²) in [5.41, 5.74) is 2.15. The summed E-state index contributed by atoms with van der Waals surface area (Å²) in [6.45, 7) is -0.154. The molecule has 0 radical (unpaired) electrons. The third-order valence-corrected chi connectivity index (χ3v) is 4.94. The van der Waals surface area contributed by atoms with Gasteiger partial charge in [-0.15, -0.1) is 13.2 Å². The number of benzene rings is 1. The summed E-state index contributed by atoms with van der Waals surface area (Å²) in [6.07, 6.45) is -3.85. The Morgan fingerprint density at radius 3 is 2.66 bits per heavy atom. The van der Waals surface area contributed by atoms with Gasteiger partial charge >= 0.3 is 6.36 Å². The highest BCUT2D eigenvalue weighted by atomic mass is 19.4. The van der Waals surface area contributed by atoms with Crippen LogP contribution in [0.25, 0.3) is 0 Å². The van der Waals surface area contributed by atoms with Gasteiger partial charge in [-0.05, 0) is 25.0 Å². The molecule has 2 N–H and O–H groups in total. The molecule has 29 heavy (non-hydrogen) atoms. The van der Waals surface area contributed by atoms with E-state index in [1.165, 1.54) is 28.6 Å². The summed E-state index contributed by atoms with van der Waals surface area (Å²) in [6, 6.07) is 3.37. The van der Waals surface area contributed by atoms with E-state index in [1.807, 2.05) is 0 Å². The number of hydrogen-bond donors (Lipinski definition) is 2. The monoisotopic (exact) mass is 418 g/mol. The summed E-state index contributed by atoms with van der Waals surface area (Å²) in [7, 11) is 0. The molecule has 2 amide bonds. The highest BCUT2D eigenvalue weighted by Gasteiger charge is 2.37. The zero-order chi connectivity index (χ0) is 21.0. The van der Waals surface area contributed by atoms with E-state index in [-0.39, 0.29) is 36.3 Å². The SMILES string of the molecule is O=C(NO)c1ccc2c(c1)OC[C@H](COC(F)(F)F)N(C(=O)C1CCOCC1)C2. The van der Waals surface area contributed by atoms with E-state index in [2.05, 4.69) is 4.74 Å². The lowest BCUT2D eigenvalue weighted by atomic mass is 9.97. The number of fused-ring (bicyclic) bond motifs is 1. The van der Waals surface area contributed by atoms with Gasteiger partial charge in [-0.3, -0.25) is 19.5 Å². The predicted molar refractivity (Wildman–Crippen MR) is 91.1 cm³/mol. The van der Waals surface area contributed by atoms with Gasteiger partial charge in [0, 0.05) is 36.8 Å². The van der Waals surface area contributed by atoms with Crippen molar-refractivity contribution in [1.29, 1.82) is 0 Å². The minimum atomic E-state index is -4.83. The second kappa shape index (κ2) is 8.97. The van der Waals surface area contributed by atoms with E-state index in [9.17, 15) is 22.8 Å². The van der Waals surface area contributed by atoms with Gasteiger partial charge in [0.05, 0.1) is 12.6 Å². The molecule has 1 aromatic rings. The van der Waals surface area contributed by atoms with Crippen LogP contribution in [0.1, 0.15) is 28.8 Å². The first-order valence-electron chi connectivity index (χ1n) is 9.07. The second-order valence-electron chi connectivity index (χ2n) is 6.84. The number of nitrogens with one attached hydrogen (secondary N) is 1. The normalized spacial score (nSPS) is 20.4. The van der Waals surface area contributed by atoms with Crippen molar-refractivity contribution in [2.24, 2.45) is 5.92 Å². The van der Waals surface area contributed by atoms with E-state index in [1.54, 1.807) is 0 Å². The lowest BCUT2D eigenvalue weighted by Crippen LogP contribution is -2.48. The zero-order valence-electron chi connectivity index (χ0n) is 15.4. The van der Waals surface area contributed by atoms with Gasteiger partial charge in [0.15, 0.2) is 0 Å². The Kier molecular flexibility index (Phi) is 6.60. The number of hydroxylamine groups is 1. The van der Waals surface area contributed by atoms with Crippen LogP contribution in [0.2, 0.25) is 0 Å². The summed E-state index contributed by atoms with van der Waals surface area (Å²) in [5.74, 6) is -1.13. The topological polar surface area (TPSA) is 97.3 Å². The molecule has 0 bridgehead atoms. The second-order valence-corrected chi connectivity index (χ2v) is 6.84. The molecule has 0 aliphatic carbocycles. The maximum Gasteiger partial charge on any atom is 0.522 e. The summed E-state index contributed by atoms with van der Waals surface area (Å²) in [4.78, 5) is 26.0. The number of nitrogens with zero attached hydrogens (tertiary/aromatic N) is 1. The van der Waals surface area contributed by atoms with Gasteiger partial charge in [0.2, 0.25) is 5.91 Å². The third-order valence-electron chi connectivity index (χ3n) is 4.94. The Labute approximate surface area is 164 Å². The molecule has 0 spiro atoms. The van der Waals surface area contributed by atoms with Crippen LogP contribution in [0.15, 0.2) is 18.2 Å². The first kappa shape index (κ1) is 21.3. The molecule has 11 heteroatoms. The number of alkyl halides is 3. The Hall–Kier alpha value is -2.37. The molecular weight excluding hydrogens is 397 g/mol. The van der Waals surface area contributed by atoms with Gasteiger partial charge < -0.3 is 14.4 Å². The quantitative estimate of drug-likeness (QED) is 0.572. The Morgan fingerprint density at radius 2 is 2.00 bits per heavy atom. The van der Waals surface area contributed by atoms with Crippen LogP contribution in [-0.2, 0) is 20.8 Å². The minimum absolute atomic E-state index is 0.0123.